The molecule has 0 saturated carbocycles. The van der Waals surface area contributed by atoms with Crippen molar-refractivity contribution in [2.75, 3.05) is 34.9 Å². The summed E-state index contributed by atoms with van der Waals surface area (Å²) in [6.07, 6.45) is 4.98. The van der Waals surface area contributed by atoms with Gasteiger partial charge in [0.1, 0.15) is 6.04 Å². The molecule has 2 aromatic rings. The largest absolute Gasteiger partial charge is 0.341 e. The molecule has 1 N–H and O–H groups in total. The first-order valence-electron chi connectivity index (χ1n) is 10.3. The maximum Gasteiger partial charge on any atom is 0.248 e. The van der Waals surface area contributed by atoms with Crippen molar-refractivity contribution in [3.63, 3.8) is 0 Å². The summed E-state index contributed by atoms with van der Waals surface area (Å²) in [7, 11) is 0. The van der Waals surface area contributed by atoms with Crippen LogP contribution >= 0.6 is 11.8 Å². The van der Waals surface area contributed by atoms with Crippen LogP contribution in [0.5, 0.6) is 0 Å². The molecule has 0 aliphatic carbocycles. The SMILES string of the molecule is Cc1ccc(NC(=O)C2CSCN2C(=O)C2CCN(c3ncccn3)CC2)cc1C. The third kappa shape index (κ3) is 4.43. The zero-order valence-corrected chi connectivity index (χ0v) is 18.2. The van der Waals surface area contributed by atoms with Crippen molar-refractivity contribution in [3.05, 3.63) is 47.8 Å². The molecule has 7 nitrogen and oxygen atoms in total. The van der Waals surface area contributed by atoms with Crippen molar-refractivity contribution in [3.8, 4) is 0 Å². The summed E-state index contributed by atoms with van der Waals surface area (Å²) in [5, 5.41) is 3.00. The molecule has 2 aliphatic heterocycles. The molecule has 158 valence electrons. The number of hydrogen-bond acceptors (Lipinski definition) is 6. The summed E-state index contributed by atoms with van der Waals surface area (Å²) in [5.41, 5.74) is 3.10. The Morgan fingerprint density at radius 1 is 1.10 bits per heavy atom. The van der Waals surface area contributed by atoms with Crippen LogP contribution in [-0.2, 0) is 9.59 Å². The molecule has 2 amide bonds. The number of amides is 2. The van der Waals surface area contributed by atoms with Gasteiger partial charge >= 0.3 is 0 Å². The van der Waals surface area contributed by atoms with E-state index in [1.807, 2.05) is 32.0 Å². The van der Waals surface area contributed by atoms with E-state index in [9.17, 15) is 9.59 Å². The van der Waals surface area contributed by atoms with Crippen molar-refractivity contribution < 1.29 is 9.59 Å². The highest BCUT2D eigenvalue weighted by molar-refractivity contribution is 7.99. The first-order valence-corrected chi connectivity index (χ1v) is 11.5. The Hall–Kier alpha value is -2.61. The Bertz CT molecular complexity index is 915. The molecule has 0 bridgehead atoms. The van der Waals surface area contributed by atoms with Gasteiger partial charge in [-0.1, -0.05) is 6.07 Å². The number of anilines is 2. The summed E-state index contributed by atoms with van der Waals surface area (Å²) in [6, 6.07) is 7.27. The van der Waals surface area contributed by atoms with Gasteiger partial charge in [-0.3, -0.25) is 9.59 Å². The van der Waals surface area contributed by atoms with E-state index in [4.69, 9.17) is 0 Å². The Morgan fingerprint density at radius 3 is 2.53 bits per heavy atom. The molecule has 30 heavy (non-hydrogen) atoms. The van der Waals surface area contributed by atoms with Gasteiger partial charge in [0.2, 0.25) is 17.8 Å². The Labute approximate surface area is 181 Å². The van der Waals surface area contributed by atoms with Gasteiger partial charge in [-0.15, -0.1) is 11.8 Å². The van der Waals surface area contributed by atoms with Crippen LogP contribution in [0.25, 0.3) is 0 Å². The Balaban J connectivity index is 1.36. The zero-order valence-electron chi connectivity index (χ0n) is 17.4. The Kier molecular flexibility index (Phi) is 6.22. The molecular weight excluding hydrogens is 398 g/mol. The van der Waals surface area contributed by atoms with E-state index < -0.39 is 6.04 Å². The second-order valence-corrected chi connectivity index (χ2v) is 8.92. The number of aromatic nitrogens is 2. The van der Waals surface area contributed by atoms with Crippen LogP contribution in [0.1, 0.15) is 24.0 Å². The lowest BCUT2D eigenvalue weighted by Gasteiger charge is -2.34. The molecule has 3 heterocycles. The van der Waals surface area contributed by atoms with E-state index in [1.165, 1.54) is 5.56 Å². The molecular formula is C22H27N5O2S. The standard InChI is InChI=1S/C22H27N5O2S/c1-15-4-5-18(12-16(15)2)25-20(28)19-13-30-14-27(19)21(29)17-6-10-26(11-7-17)22-23-8-3-9-24-22/h3-5,8-9,12,17,19H,6-7,10-11,13-14H2,1-2H3,(H,25,28). The average Bonchev–Trinajstić information content (AvgIpc) is 3.27. The number of carbonyl (C=O) groups is 2. The maximum absolute atomic E-state index is 13.2. The van der Waals surface area contributed by atoms with Crippen LogP contribution in [0, 0.1) is 19.8 Å². The van der Waals surface area contributed by atoms with Gasteiger partial charge in [-0.05, 0) is 56.0 Å². The molecule has 0 radical (unpaired) electrons. The summed E-state index contributed by atoms with van der Waals surface area (Å²) >= 11 is 1.64. The summed E-state index contributed by atoms with van der Waals surface area (Å²) in [4.78, 5) is 38.6. The van der Waals surface area contributed by atoms with E-state index in [2.05, 4.69) is 20.2 Å². The monoisotopic (exact) mass is 425 g/mol. The van der Waals surface area contributed by atoms with Gasteiger partial charge in [-0.2, -0.15) is 0 Å². The van der Waals surface area contributed by atoms with E-state index >= 15 is 0 Å². The van der Waals surface area contributed by atoms with Crippen LogP contribution < -0.4 is 10.2 Å². The predicted octanol–water partition coefficient (Wildman–Crippen LogP) is 2.85. The van der Waals surface area contributed by atoms with E-state index in [1.54, 1.807) is 35.1 Å². The fraction of sp³-hybridized carbons (Fsp3) is 0.455. The fourth-order valence-corrected chi connectivity index (χ4v) is 5.10. The van der Waals surface area contributed by atoms with Gasteiger partial charge in [0.15, 0.2) is 0 Å². The molecule has 1 unspecified atom stereocenters. The molecule has 4 rings (SSSR count). The first-order chi connectivity index (χ1) is 14.5. The lowest BCUT2D eigenvalue weighted by Crippen LogP contribution is -2.49. The normalized spacial score (nSPS) is 19.7. The van der Waals surface area contributed by atoms with Crippen molar-refractivity contribution in [2.24, 2.45) is 5.92 Å². The van der Waals surface area contributed by atoms with Crippen molar-refractivity contribution in [1.29, 1.82) is 0 Å². The van der Waals surface area contributed by atoms with Gasteiger partial charge in [0.25, 0.3) is 0 Å². The highest BCUT2D eigenvalue weighted by Gasteiger charge is 2.38. The molecule has 1 aromatic carbocycles. The zero-order chi connectivity index (χ0) is 21.1. The average molecular weight is 426 g/mol. The predicted molar refractivity (Wildman–Crippen MR) is 119 cm³/mol. The van der Waals surface area contributed by atoms with Gasteiger partial charge in [-0.25, -0.2) is 9.97 Å². The number of benzene rings is 1. The minimum absolute atomic E-state index is 0.0550. The number of nitrogens with zero attached hydrogens (tertiary/aromatic N) is 4. The van der Waals surface area contributed by atoms with Crippen LogP contribution in [0.15, 0.2) is 36.7 Å². The molecule has 8 heteroatoms. The van der Waals surface area contributed by atoms with Crippen LogP contribution in [0.4, 0.5) is 11.6 Å². The topological polar surface area (TPSA) is 78.4 Å². The van der Waals surface area contributed by atoms with E-state index in [0.29, 0.717) is 17.6 Å². The highest BCUT2D eigenvalue weighted by Crippen LogP contribution is 2.28. The van der Waals surface area contributed by atoms with Crippen molar-refractivity contribution >= 4 is 35.2 Å². The molecule has 0 spiro atoms. The number of carbonyl (C=O) groups excluding carboxylic acids is 2. The van der Waals surface area contributed by atoms with Crippen molar-refractivity contribution in [2.45, 2.75) is 32.7 Å². The number of rotatable bonds is 4. The first kappa shape index (κ1) is 20.7. The number of hydrogen-bond donors (Lipinski definition) is 1. The fourth-order valence-electron chi connectivity index (χ4n) is 3.94. The molecule has 2 saturated heterocycles. The second kappa shape index (κ2) is 9.04. The molecule has 1 aromatic heterocycles. The minimum Gasteiger partial charge on any atom is -0.341 e. The second-order valence-electron chi connectivity index (χ2n) is 7.92. The Morgan fingerprint density at radius 2 is 1.83 bits per heavy atom. The number of nitrogens with one attached hydrogen (secondary N) is 1. The molecule has 2 fully saturated rings. The van der Waals surface area contributed by atoms with Crippen LogP contribution in [-0.4, -0.2) is 57.4 Å². The lowest BCUT2D eigenvalue weighted by atomic mass is 9.95. The number of aryl methyl sites for hydroxylation is 2. The summed E-state index contributed by atoms with van der Waals surface area (Å²) < 4.78 is 0. The van der Waals surface area contributed by atoms with E-state index in [0.717, 1.165) is 37.2 Å². The highest BCUT2D eigenvalue weighted by atomic mass is 32.2. The third-order valence-electron chi connectivity index (χ3n) is 5.92. The van der Waals surface area contributed by atoms with Crippen molar-refractivity contribution in [1.82, 2.24) is 14.9 Å². The summed E-state index contributed by atoms with van der Waals surface area (Å²) in [6.45, 7) is 5.57. The van der Waals surface area contributed by atoms with E-state index in [-0.39, 0.29) is 17.7 Å². The molecule has 1 atom stereocenters. The van der Waals surface area contributed by atoms with Gasteiger partial charge in [0.05, 0.1) is 5.88 Å². The quantitative estimate of drug-likeness (QED) is 0.812. The minimum atomic E-state index is -0.417. The number of piperidine rings is 1. The number of thioether (sulfide) groups is 1. The van der Waals surface area contributed by atoms with Gasteiger partial charge in [0, 0.05) is 42.8 Å². The van der Waals surface area contributed by atoms with Crippen LogP contribution in [0.2, 0.25) is 0 Å². The van der Waals surface area contributed by atoms with Crippen LogP contribution in [0.3, 0.4) is 0 Å². The van der Waals surface area contributed by atoms with Gasteiger partial charge < -0.3 is 15.1 Å². The summed E-state index contributed by atoms with van der Waals surface area (Å²) in [5.74, 6) is 1.86. The molecule has 2 aliphatic rings. The maximum atomic E-state index is 13.2. The third-order valence-corrected chi connectivity index (χ3v) is 6.93. The smallest absolute Gasteiger partial charge is 0.248 e. The lowest BCUT2D eigenvalue weighted by molar-refractivity contribution is -0.140.